The smallest absolute Gasteiger partial charge is 0.305 e. The minimum atomic E-state index is -0.800. The van der Waals surface area contributed by atoms with Gasteiger partial charge in [-0.2, -0.15) is 0 Å². The maximum Gasteiger partial charge on any atom is 0.305 e. The Morgan fingerprint density at radius 1 is 1.00 bits per heavy atom. The topological polar surface area (TPSA) is 72.8 Å². The maximum absolute atomic E-state index is 10.3. The molecule has 0 saturated carbocycles. The average molecular weight is 248 g/mol. The molecule has 102 valence electrons. The second-order valence-corrected chi connectivity index (χ2v) is 3.33. The fourth-order valence-corrected chi connectivity index (χ4v) is 0.724. The zero-order valence-corrected chi connectivity index (χ0v) is 11.0. The SMILES string of the molecule is CCCOC(=O)CC.CCCOCCC(=O)O. The molecule has 0 aliphatic heterocycles. The van der Waals surface area contributed by atoms with Crippen LogP contribution < -0.4 is 0 Å². The van der Waals surface area contributed by atoms with Crippen LogP contribution in [0.25, 0.3) is 0 Å². The number of carboxylic acid groups (broad SMARTS) is 1. The molecule has 0 atom stereocenters. The molecule has 0 amide bonds. The van der Waals surface area contributed by atoms with Crippen LogP contribution in [0.2, 0.25) is 0 Å². The molecular weight excluding hydrogens is 224 g/mol. The number of aliphatic carboxylic acids is 1. The number of carbonyl (C=O) groups is 2. The van der Waals surface area contributed by atoms with Crippen molar-refractivity contribution in [2.75, 3.05) is 19.8 Å². The first kappa shape index (κ1) is 18.3. The van der Waals surface area contributed by atoms with Gasteiger partial charge in [-0.15, -0.1) is 0 Å². The Morgan fingerprint density at radius 2 is 1.59 bits per heavy atom. The Hall–Kier alpha value is -1.10. The van der Waals surface area contributed by atoms with Gasteiger partial charge in [0.25, 0.3) is 0 Å². The first-order valence-electron chi connectivity index (χ1n) is 6.03. The molecule has 5 nitrogen and oxygen atoms in total. The molecule has 0 rings (SSSR count). The van der Waals surface area contributed by atoms with Crippen molar-refractivity contribution in [3.05, 3.63) is 0 Å². The predicted octanol–water partition coefficient (Wildman–Crippen LogP) is 2.24. The highest BCUT2D eigenvalue weighted by Gasteiger charge is 1.94. The number of ether oxygens (including phenoxy) is 2. The summed E-state index contributed by atoms with van der Waals surface area (Å²) < 4.78 is 9.61. The van der Waals surface area contributed by atoms with Crippen LogP contribution >= 0.6 is 0 Å². The lowest BCUT2D eigenvalue weighted by molar-refractivity contribution is -0.143. The van der Waals surface area contributed by atoms with Crippen molar-refractivity contribution in [1.82, 2.24) is 0 Å². The molecule has 0 aromatic heterocycles. The van der Waals surface area contributed by atoms with Gasteiger partial charge in [-0.05, 0) is 12.8 Å². The van der Waals surface area contributed by atoms with Gasteiger partial charge in [0.2, 0.25) is 0 Å². The Kier molecular flexibility index (Phi) is 16.0. The summed E-state index contributed by atoms with van der Waals surface area (Å²) in [6.45, 7) is 7.31. The molecule has 0 radical (unpaired) electrons. The molecule has 0 aromatic rings. The van der Waals surface area contributed by atoms with Crippen molar-refractivity contribution in [2.45, 2.75) is 46.5 Å². The highest BCUT2D eigenvalue weighted by atomic mass is 16.5. The summed E-state index contributed by atoms with van der Waals surface area (Å²) in [5, 5.41) is 8.13. The van der Waals surface area contributed by atoms with Crippen LogP contribution in [0, 0.1) is 0 Å². The van der Waals surface area contributed by atoms with Crippen LogP contribution in [0.1, 0.15) is 46.5 Å². The second-order valence-electron chi connectivity index (χ2n) is 3.33. The van der Waals surface area contributed by atoms with E-state index in [1.807, 2.05) is 13.8 Å². The third-order valence-corrected chi connectivity index (χ3v) is 1.56. The maximum atomic E-state index is 10.3. The molecule has 0 heterocycles. The van der Waals surface area contributed by atoms with Crippen molar-refractivity contribution in [1.29, 1.82) is 0 Å². The lowest BCUT2D eigenvalue weighted by Gasteiger charge is -1.97. The van der Waals surface area contributed by atoms with Gasteiger partial charge < -0.3 is 14.6 Å². The summed E-state index contributed by atoms with van der Waals surface area (Å²) in [5.74, 6) is -0.905. The third-order valence-electron chi connectivity index (χ3n) is 1.56. The van der Waals surface area contributed by atoms with Gasteiger partial charge in [0.1, 0.15) is 0 Å². The Morgan fingerprint density at radius 3 is 2.00 bits per heavy atom. The standard InChI is InChI=1S/C6H12O3.C6H12O2/c1-2-4-9-5-3-6(7)8;1-3-5-8-6(7)4-2/h2-5H2,1H3,(H,7,8);3-5H2,1-2H3. The molecule has 5 heteroatoms. The largest absolute Gasteiger partial charge is 0.481 e. The van der Waals surface area contributed by atoms with E-state index in [0.717, 1.165) is 12.8 Å². The number of carbonyl (C=O) groups excluding carboxylic acids is 1. The fraction of sp³-hybridized carbons (Fsp3) is 0.833. The van der Waals surface area contributed by atoms with Gasteiger partial charge in [0.05, 0.1) is 19.6 Å². The zero-order valence-electron chi connectivity index (χ0n) is 11.0. The normalized spacial score (nSPS) is 9.12. The van der Waals surface area contributed by atoms with E-state index >= 15 is 0 Å². The highest BCUT2D eigenvalue weighted by molar-refractivity contribution is 5.68. The van der Waals surface area contributed by atoms with Crippen molar-refractivity contribution >= 4 is 11.9 Å². The first-order valence-corrected chi connectivity index (χ1v) is 6.03. The van der Waals surface area contributed by atoms with Crippen molar-refractivity contribution < 1.29 is 24.2 Å². The number of hydrogen-bond donors (Lipinski definition) is 1. The predicted molar refractivity (Wildman–Crippen MR) is 64.9 cm³/mol. The quantitative estimate of drug-likeness (QED) is 0.526. The lowest BCUT2D eigenvalue weighted by atomic mass is 10.5. The van der Waals surface area contributed by atoms with Crippen molar-refractivity contribution in [2.24, 2.45) is 0 Å². The van der Waals surface area contributed by atoms with E-state index in [1.54, 1.807) is 6.92 Å². The van der Waals surface area contributed by atoms with Gasteiger partial charge in [0.15, 0.2) is 0 Å². The molecule has 0 unspecified atom stereocenters. The zero-order chi connectivity index (χ0) is 13.5. The summed E-state index contributed by atoms with van der Waals surface area (Å²) in [7, 11) is 0. The molecule has 0 aliphatic carbocycles. The molecule has 17 heavy (non-hydrogen) atoms. The van der Waals surface area contributed by atoms with E-state index in [9.17, 15) is 9.59 Å². The molecule has 0 saturated heterocycles. The molecule has 1 N–H and O–H groups in total. The van der Waals surface area contributed by atoms with Crippen LogP contribution in [0.5, 0.6) is 0 Å². The molecule has 0 spiro atoms. The molecule has 0 bridgehead atoms. The van der Waals surface area contributed by atoms with Crippen LogP contribution in [0.3, 0.4) is 0 Å². The minimum Gasteiger partial charge on any atom is -0.481 e. The van der Waals surface area contributed by atoms with Gasteiger partial charge in [-0.25, -0.2) is 0 Å². The summed E-state index contributed by atoms with van der Waals surface area (Å²) in [6.07, 6.45) is 2.45. The molecule has 0 fully saturated rings. The molecular formula is C12H24O5. The average Bonchev–Trinajstić information content (AvgIpc) is 2.32. The fourth-order valence-electron chi connectivity index (χ4n) is 0.724. The number of rotatable bonds is 8. The lowest BCUT2D eigenvalue weighted by Crippen LogP contribution is -2.02. The number of esters is 1. The van der Waals surface area contributed by atoms with Gasteiger partial charge >= 0.3 is 11.9 Å². The molecule has 0 aliphatic rings. The Balaban J connectivity index is 0. The number of hydrogen-bond acceptors (Lipinski definition) is 4. The Labute approximate surface area is 103 Å². The van der Waals surface area contributed by atoms with Gasteiger partial charge in [-0.3, -0.25) is 9.59 Å². The van der Waals surface area contributed by atoms with E-state index in [1.165, 1.54) is 0 Å². The van der Waals surface area contributed by atoms with Crippen LogP contribution in [0.15, 0.2) is 0 Å². The van der Waals surface area contributed by atoms with E-state index in [0.29, 0.717) is 26.2 Å². The van der Waals surface area contributed by atoms with E-state index in [2.05, 4.69) is 0 Å². The second kappa shape index (κ2) is 14.9. The summed E-state index contributed by atoms with van der Waals surface area (Å²) in [6, 6.07) is 0. The monoisotopic (exact) mass is 248 g/mol. The summed E-state index contributed by atoms with van der Waals surface area (Å²) in [4.78, 5) is 20.2. The summed E-state index contributed by atoms with van der Waals surface area (Å²) in [5.41, 5.74) is 0. The Bertz CT molecular complexity index is 191. The van der Waals surface area contributed by atoms with Crippen LogP contribution in [-0.4, -0.2) is 36.9 Å². The van der Waals surface area contributed by atoms with Gasteiger partial charge in [-0.1, -0.05) is 20.8 Å². The minimum absolute atomic E-state index is 0.105. The van der Waals surface area contributed by atoms with Crippen LogP contribution in [-0.2, 0) is 19.1 Å². The van der Waals surface area contributed by atoms with E-state index in [-0.39, 0.29) is 12.4 Å². The van der Waals surface area contributed by atoms with E-state index in [4.69, 9.17) is 14.6 Å². The third kappa shape index (κ3) is 20.9. The highest BCUT2D eigenvalue weighted by Crippen LogP contribution is 1.85. The van der Waals surface area contributed by atoms with E-state index < -0.39 is 5.97 Å². The summed E-state index contributed by atoms with van der Waals surface area (Å²) >= 11 is 0. The van der Waals surface area contributed by atoms with Gasteiger partial charge in [0, 0.05) is 13.0 Å². The van der Waals surface area contributed by atoms with Crippen LogP contribution in [0.4, 0.5) is 0 Å². The van der Waals surface area contributed by atoms with Crippen molar-refractivity contribution in [3.63, 3.8) is 0 Å². The van der Waals surface area contributed by atoms with Crippen molar-refractivity contribution in [3.8, 4) is 0 Å². The first-order chi connectivity index (χ1) is 8.08. The number of carboxylic acids is 1. The molecule has 0 aromatic carbocycles.